The van der Waals surface area contributed by atoms with Crippen LogP contribution in [0.5, 0.6) is 0 Å². The molecule has 180 valence electrons. The van der Waals surface area contributed by atoms with Gasteiger partial charge in [0.05, 0.1) is 17.4 Å². The molecular weight excluding hydrogens is 442 g/mol. The van der Waals surface area contributed by atoms with Gasteiger partial charge < -0.3 is 14.8 Å². The predicted octanol–water partition coefficient (Wildman–Crippen LogP) is 4.77. The van der Waals surface area contributed by atoms with Gasteiger partial charge in [-0.3, -0.25) is 9.59 Å². The maximum Gasteiger partial charge on any atom is 0.290 e. The van der Waals surface area contributed by atoms with Crippen LogP contribution >= 0.6 is 0 Å². The van der Waals surface area contributed by atoms with Crippen molar-refractivity contribution in [2.24, 2.45) is 0 Å². The Bertz CT molecular complexity index is 1460. The minimum absolute atomic E-state index is 0.194. The van der Waals surface area contributed by atoms with Gasteiger partial charge in [-0.1, -0.05) is 38.1 Å². The standard InChI is InChI=1S/C27H29N5O3/c1-14-10-16(24-23-19-9-7-17(33)11-20(19)31-25(23)29-13-28-24)6-8-18(14)15(2)30-26(34)21-12-22(32-35-21)27(3,4)5/h6,8,10,12-13,15H,7,9,11H2,1-5H3,(H,30,34)(H,28,29,31)/t15-/m1/s1. The molecule has 0 saturated heterocycles. The molecular formula is C27H29N5O3. The number of carbonyl (C=O) groups is 2. The lowest BCUT2D eigenvalue weighted by Crippen LogP contribution is -2.26. The molecule has 3 aromatic heterocycles. The van der Waals surface area contributed by atoms with Crippen LogP contribution in [0.2, 0.25) is 0 Å². The van der Waals surface area contributed by atoms with Crippen LogP contribution in [0.4, 0.5) is 0 Å². The van der Waals surface area contributed by atoms with Crippen LogP contribution in [0, 0.1) is 6.92 Å². The van der Waals surface area contributed by atoms with Gasteiger partial charge >= 0.3 is 0 Å². The summed E-state index contributed by atoms with van der Waals surface area (Å²) in [5.41, 5.74) is 7.26. The van der Waals surface area contributed by atoms with Crippen molar-refractivity contribution in [1.82, 2.24) is 25.4 Å². The molecule has 1 aliphatic carbocycles. The van der Waals surface area contributed by atoms with E-state index in [2.05, 4.69) is 31.5 Å². The first-order valence-corrected chi connectivity index (χ1v) is 11.9. The average Bonchev–Trinajstić information content (AvgIpc) is 3.43. The second-order valence-corrected chi connectivity index (χ2v) is 10.3. The van der Waals surface area contributed by atoms with Crippen LogP contribution in [0.25, 0.3) is 22.3 Å². The lowest BCUT2D eigenvalue weighted by Gasteiger charge is -2.17. The fourth-order valence-corrected chi connectivity index (χ4v) is 4.72. The van der Waals surface area contributed by atoms with E-state index in [1.807, 2.05) is 46.8 Å². The van der Waals surface area contributed by atoms with E-state index >= 15 is 0 Å². The largest absolute Gasteiger partial charge is 0.351 e. The third-order valence-corrected chi connectivity index (χ3v) is 6.67. The number of nitrogens with one attached hydrogen (secondary N) is 2. The predicted molar refractivity (Wildman–Crippen MR) is 132 cm³/mol. The average molecular weight is 472 g/mol. The summed E-state index contributed by atoms with van der Waals surface area (Å²) in [4.78, 5) is 37.0. The number of hydrogen-bond donors (Lipinski definition) is 2. The number of aryl methyl sites for hydroxylation is 2. The van der Waals surface area contributed by atoms with E-state index in [0.717, 1.165) is 50.4 Å². The van der Waals surface area contributed by atoms with E-state index in [9.17, 15) is 9.59 Å². The Balaban J connectivity index is 1.41. The van der Waals surface area contributed by atoms with E-state index < -0.39 is 0 Å². The molecule has 4 aromatic rings. The molecule has 0 radical (unpaired) electrons. The number of aromatic amines is 1. The highest BCUT2D eigenvalue weighted by Crippen LogP contribution is 2.34. The smallest absolute Gasteiger partial charge is 0.290 e. The van der Waals surface area contributed by atoms with Crippen molar-refractivity contribution >= 4 is 22.7 Å². The first-order valence-electron chi connectivity index (χ1n) is 11.9. The molecule has 8 heteroatoms. The van der Waals surface area contributed by atoms with E-state index in [4.69, 9.17) is 4.52 Å². The van der Waals surface area contributed by atoms with Crippen LogP contribution in [0.1, 0.15) is 78.8 Å². The number of benzene rings is 1. The Labute approximate surface area is 203 Å². The van der Waals surface area contributed by atoms with Crippen LogP contribution in [-0.4, -0.2) is 31.8 Å². The van der Waals surface area contributed by atoms with Gasteiger partial charge in [0, 0.05) is 41.0 Å². The van der Waals surface area contributed by atoms with E-state index in [1.54, 1.807) is 12.4 Å². The SMILES string of the molecule is Cc1cc(-c2ncnc3[nH]c4c(c23)CCC(=O)C4)ccc1[C@@H](C)NC(=O)c1cc(C(C)(C)C)no1. The van der Waals surface area contributed by atoms with Crippen molar-refractivity contribution in [2.45, 2.75) is 65.3 Å². The molecule has 1 aliphatic rings. The number of carbonyl (C=O) groups excluding carboxylic acids is 2. The molecule has 0 aliphatic heterocycles. The second-order valence-electron chi connectivity index (χ2n) is 10.3. The summed E-state index contributed by atoms with van der Waals surface area (Å²) in [6.07, 6.45) is 3.22. The Morgan fingerprint density at radius 2 is 1.97 bits per heavy atom. The van der Waals surface area contributed by atoms with Crippen molar-refractivity contribution in [1.29, 1.82) is 0 Å². The molecule has 2 N–H and O–H groups in total. The van der Waals surface area contributed by atoms with Crippen LogP contribution in [0.3, 0.4) is 0 Å². The molecule has 1 amide bonds. The zero-order valence-electron chi connectivity index (χ0n) is 20.7. The van der Waals surface area contributed by atoms with Crippen LogP contribution < -0.4 is 5.32 Å². The summed E-state index contributed by atoms with van der Waals surface area (Å²) in [6.45, 7) is 10.0. The Morgan fingerprint density at radius 1 is 1.17 bits per heavy atom. The summed E-state index contributed by atoms with van der Waals surface area (Å²) in [6, 6.07) is 7.60. The van der Waals surface area contributed by atoms with Gasteiger partial charge in [0.25, 0.3) is 5.91 Å². The van der Waals surface area contributed by atoms with Gasteiger partial charge in [0.1, 0.15) is 17.8 Å². The number of ketones is 1. The molecule has 0 fully saturated rings. The molecule has 1 atom stereocenters. The number of H-pyrrole nitrogens is 1. The number of nitrogens with zero attached hydrogens (tertiary/aromatic N) is 3. The minimum atomic E-state index is -0.296. The fraction of sp³-hybridized carbons (Fsp3) is 0.370. The molecule has 3 heterocycles. The first kappa shape index (κ1) is 23.0. The maximum absolute atomic E-state index is 12.8. The summed E-state index contributed by atoms with van der Waals surface area (Å²) < 4.78 is 5.28. The first-order chi connectivity index (χ1) is 16.6. The normalized spacial score (nSPS) is 14.7. The Hall–Kier alpha value is -3.81. The van der Waals surface area contributed by atoms with Gasteiger partial charge in [-0.05, 0) is 43.0 Å². The van der Waals surface area contributed by atoms with Crippen molar-refractivity contribution in [3.8, 4) is 11.3 Å². The van der Waals surface area contributed by atoms with Crippen LogP contribution in [-0.2, 0) is 23.1 Å². The van der Waals surface area contributed by atoms with Gasteiger partial charge in [-0.25, -0.2) is 9.97 Å². The molecule has 8 nitrogen and oxygen atoms in total. The maximum atomic E-state index is 12.8. The van der Waals surface area contributed by atoms with Gasteiger partial charge in [-0.2, -0.15) is 0 Å². The summed E-state index contributed by atoms with van der Waals surface area (Å²) in [5.74, 6) is 0.153. The molecule has 5 rings (SSSR count). The third kappa shape index (κ3) is 4.24. The van der Waals surface area contributed by atoms with Gasteiger partial charge in [0.2, 0.25) is 5.76 Å². The second kappa shape index (κ2) is 8.45. The quantitative estimate of drug-likeness (QED) is 0.443. The number of hydrogen-bond acceptors (Lipinski definition) is 6. The molecule has 0 unspecified atom stereocenters. The number of aromatic nitrogens is 4. The Kier molecular flexibility index (Phi) is 5.54. The highest BCUT2D eigenvalue weighted by molar-refractivity contribution is 5.97. The molecule has 35 heavy (non-hydrogen) atoms. The van der Waals surface area contributed by atoms with E-state index in [-0.39, 0.29) is 28.9 Å². The topological polar surface area (TPSA) is 114 Å². The molecule has 0 saturated carbocycles. The highest BCUT2D eigenvalue weighted by atomic mass is 16.5. The van der Waals surface area contributed by atoms with E-state index in [1.165, 1.54) is 0 Å². The van der Waals surface area contributed by atoms with Gasteiger partial charge in [0.15, 0.2) is 0 Å². The zero-order valence-corrected chi connectivity index (χ0v) is 20.7. The summed E-state index contributed by atoms with van der Waals surface area (Å²) in [7, 11) is 0. The number of fused-ring (bicyclic) bond motifs is 3. The van der Waals surface area contributed by atoms with Crippen molar-refractivity contribution < 1.29 is 14.1 Å². The molecule has 0 bridgehead atoms. The Morgan fingerprint density at radius 3 is 2.69 bits per heavy atom. The number of amides is 1. The van der Waals surface area contributed by atoms with E-state index in [0.29, 0.717) is 19.3 Å². The van der Waals surface area contributed by atoms with Crippen molar-refractivity contribution in [3.63, 3.8) is 0 Å². The van der Waals surface area contributed by atoms with Crippen molar-refractivity contribution in [3.05, 3.63) is 64.4 Å². The lowest BCUT2D eigenvalue weighted by atomic mass is 9.92. The highest BCUT2D eigenvalue weighted by Gasteiger charge is 2.25. The van der Waals surface area contributed by atoms with Crippen LogP contribution in [0.15, 0.2) is 35.1 Å². The third-order valence-electron chi connectivity index (χ3n) is 6.67. The van der Waals surface area contributed by atoms with Crippen molar-refractivity contribution in [2.75, 3.05) is 0 Å². The molecule has 0 spiro atoms. The summed E-state index contributed by atoms with van der Waals surface area (Å²) in [5, 5.41) is 8.04. The monoisotopic (exact) mass is 471 g/mol. The number of Topliss-reactive ketones (excluding diaryl/α,β-unsaturated/α-hetero) is 1. The summed E-state index contributed by atoms with van der Waals surface area (Å²) >= 11 is 0. The molecule has 1 aromatic carbocycles. The van der Waals surface area contributed by atoms with Gasteiger partial charge in [-0.15, -0.1) is 0 Å². The minimum Gasteiger partial charge on any atom is -0.351 e. The lowest BCUT2D eigenvalue weighted by molar-refractivity contribution is -0.118. The fourth-order valence-electron chi connectivity index (χ4n) is 4.72. The number of rotatable bonds is 4. The zero-order chi connectivity index (χ0) is 24.9.